The predicted molar refractivity (Wildman–Crippen MR) is 79.3 cm³/mol. The minimum absolute atomic E-state index is 0.115. The molecule has 0 radical (unpaired) electrons. The topological polar surface area (TPSA) is 17.1 Å². The smallest absolute Gasteiger partial charge is 0.178 e. The van der Waals surface area contributed by atoms with Crippen LogP contribution in [-0.4, -0.2) is 16.3 Å². The number of unbranched alkanes of at least 4 members (excludes halogenated alkanes) is 1. The molecule has 0 N–H and O–H groups in total. The van der Waals surface area contributed by atoms with Crippen LogP contribution in [0.25, 0.3) is 0 Å². The first-order chi connectivity index (χ1) is 8.78. The molecule has 1 nitrogen and oxygen atoms in total. The van der Waals surface area contributed by atoms with Gasteiger partial charge in [-0.3, -0.25) is 4.79 Å². The van der Waals surface area contributed by atoms with Crippen molar-refractivity contribution in [3.05, 3.63) is 35.9 Å². The monoisotopic (exact) mass is 262 g/mol. The second-order valence-electron chi connectivity index (χ2n) is 5.10. The van der Waals surface area contributed by atoms with Gasteiger partial charge in [0.2, 0.25) is 0 Å². The Labute approximate surface area is 114 Å². The summed E-state index contributed by atoms with van der Waals surface area (Å²) >= 11 is 1.91. The molecule has 98 valence electrons. The third kappa shape index (κ3) is 2.97. The Morgan fingerprint density at radius 2 is 1.89 bits per heavy atom. The van der Waals surface area contributed by atoms with Crippen LogP contribution in [0.2, 0.25) is 0 Å². The van der Waals surface area contributed by atoms with Gasteiger partial charge >= 0.3 is 0 Å². The molecule has 2 rings (SSSR count). The van der Waals surface area contributed by atoms with E-state index in [9.17, 15) is 4.79 Å². The lowest BCUT2D eigenvalue weighted by molar-refractivity contribution is 0.0945. The normalized spacial score (nSPS) is 17.8. The summed E-state index contributed by atoms with van der Waals surface area (Å²) in [5.74, 6) is 1.48. The van der Waals surface area contributed by atoms with Crippen LogP contribution in [0.5, 0.6) is 0 Å². The van der Waals surface area contributed by atoms with E-state index in [2.05, 4.69) is 6.92 Å². The van der Waals surface area contributed by atoms with Crippen LogP contribution >= 0.6 is 11.8 Å². The fraction of sp³-hybridized carbons (Fsp3) is 0.562. The predicted octanol–water partition coefficient (Wildman–Crippen LogP) is 4.72. The average molecular weight is 262 g/mol. The Balaban J connectivity index is 2.12. The van der Waals surface area contributed by atoms with Crippen molar-refractivity contribution in [3.8, 4) is 0 Å². The fourth-order valence-corrected chi connectivity index (χ4v) is 4.30. The van der Waals surface area contributed by atoms with Gasteiger partial charge in [-0.2, -0.15) is 0 Å². The lowest BCUT2D eigenvalue weighted by Crippen LogP contribution is -2.32. The fourth-order valence-electron chi connectivity index (χ4n) is 2.65. The molecule has 1 saturated carbocycles. The van der Waals surface area contributed by atoms with Crippen LogP contribution in [0, 0.1) is 0 Å². The molecule has 0 aliphatic heterocycles. The molecule has 18 heavy (non-hydrogen) atoms. The van der Waals surface area contributed by atoms with E-state index in [0.717, 1.165) is 24.2 Å². The summed E-state index contributed by atoms with van der Waals surface area (Å²) in [4.78, 5) is 12.7. The summed E-state index contributed by atoms with van der Waals surface area (Å²) in [6.45, 7) is 2.21. The van der Waals surface area contributed by atoms with E-state index >= 15 is 0 Å². The largest absolute Gasteiger partial charge is 0.293 e. The van der Waals surface area contributed by atoms with Gasteiger partial charge in [0.25, 0.3) is 0 Å². The molecule has 2 heteroatoms. The summed E-state index contributed by atoms with van der Waals surface area (Å²) in [5.41, 5.74) is 0.892. The van der Waals surface area contributed by atoms with Crippen LogP contribution in [0.4, 0.5) is 0 Å². The van der Waals surface area contributed by atoms with Gasteiger partial charge < -0.3 is 0 Å². The van der Waals surface area contributed by atoms with Crippen molar-refractivity contribution in [2.45, 2.75) is 50.2 Å². The number of ketones is 1. The molecule has 1 aromatic carbocycles. The van der Waals surface area contributed by atoms with E-state index in [1.165, 1.54) is 25.7 Å². The summed E-state index contributed by atoms with van der Waals surface area (Å²) in [6.07, 6.45) is 6.97. The molecule has 0 spiro atoms. The lowest BCUT2D eigenvalue weighted by atomic mass is 9.95. The molecule has 1 aromatic rings. The van der Waals surface area contributed by atoms with Gasteiger partial charge in [-0.05, 0) is 25.0 Å². The highest BCUT2D eigenvalue weighted by Gasteiger charge is 2.41. The molecule has 0 amide bonds. The Morgan fingerprint density at radius 1 is 1.22 bits per heavy atom. The van der Waals surface area contributed by atoms with Crippen molar-refractivity contribution in [2.75, 3.05) is 5.75 Å². The molecule has 0 atom stereocenters. The first-order valence-corrected chi connectivity index (χ1v) is 8.01. The number of hydrogen-bond acceptors (Lipinski definition) is 2. The summed E-state index contributed by atoms with van der Waals surface area (Å²) in [6, 6.07) is 9.83. The molecule has 1 fully saturated rings. The van der Waals surface area contributed by atoms with Gasteiger partial charge in [0.05, 0.1) is 4.75 Å². The van der Waals surface area contributed by atoms with Gasteiger partial charge in [-0.1, -0.05) is 56.5 Å². The Kier molecular flexibility index (Phi) is 4.87. The Hall–Kier alpha value is -0.760. The van der Waals surface area contributed by atoms with Crippen LogP contribution in [0.3, 0.4) is 0 Å². The van der Waals surface area contributed by atoms with Crippen LogP contribution in [0.15, 0.2) is 30.3 Å². The molecule has 0 bridgehead atoms. The zero-order valence-electron chi connectivity index (χ0n) is 11.2. The first-order valence-electron chi connectivity index (χ1n) is 7.02. The molecule has 0 unspecified atom stereocenters. The van der Waals surface area contributed by atoms with Gasteiger partial charge in [-0.15, -0.1) is 11.8 Å². The zero-order chi connectivity index (χ0) is 12.8. The highest BCUT2D eigenvalue weighted by Crippen LogP contribution is 2.44. The molecule has 1 aliphatic carbocycles. The average Bonchev–Trinajstić information content (AvgIpc) is 2.89. The molecule has 0 aromatic heterocycles. The van der Waals surface area contributed by atoms with E-state index in [1.807, 2.05) is 42.1 Å². The number of thioether (sulfide) groups is 1. The second kappa shape index (κ2) is 6.42. The highest BCUT2D eigenvalue weighted by molar-refractivity contribution is 8.01. The zero-order valence-corrected chi connectivity index (χ0v) is 12.0. The summed E-state index contributed by atoms with van der Waals surface area (Å²) in [5, 5.41) is 0. The molecule has 1 aliphatic rings. The molecule has 0 heterocycles. The number of benzene rings is 1. The number of carbonyl (C=O) groups excluding carboxylic acids is 1. The van der Waals surface area contributed by atoms with Gasteiger partial charge in [-0.25, -0.2) is 0 Å². The molecule has 0 saturated heterocycles. The third-order valence-electron chi connectivity index (χ3n) is 3.74. The molecular formula is C16H22OS. The maximum Gasteiger partial charge on any atom is 0.178 e. The van der Waals surface area contributed by atoms with E-state index in [-0.39, 0.29) is 4.75 Å². The minimum atomic E-state index is -0.115. The van der Waals surface area contributed by atoms with Crippen molar-refractivity contribution < 1.29 is 4.79 Å². The van der Waals surface area contributed by atoms with Crippen molar-refractivity contribution in [1.82, 2.24) is 0 Å². The van der Waals surface area contributed by atoms with E-state index in [1.54, 1.807) is 0 Å². The Morgan fingerprint density at radius 3 is 2.50 bits per heavy atom. The van der Waals surface area contributed by atoms with E-state index < -0.39 is 0 Å². The Bertz CT molecular complexity index is 379. The number of rotatable bonds is 6. The van der Waals surface area contributed by atoms with Crippen LogP contribution in [-0.2, 0) is 0 Å². The number of hydrogen-bond donors (Lipinski definition) is 0. The van der Waals surface area contributed by atoms with E-state index in [0.29, 0.717) is 5.78 Å². The van der Waals surface area contributed by atoms with Crippen LogP contribution < -0.4 is 0 Å². The number of Topliss-reactive ketones (excluding diaryl/α,β-unsaturated/α-hetero) is 1. The second-order valence-corrected chi connectivity index (χ2v) is 6.58. The van der Waals surface area contributed by atoms with Crippen molar-refractivity contribution >= 4 is 17.5 Å². The van der Waals surface area contributed by atoms with Crippen LogP contribution in [0.1, 0.15) is 55.8 Å². The van der Waals surface area contributed by atoms with Crippen molar-refractivity contribution in [2.24, 2.45) is 0 Å². The highest BCUT2D eigenvalue weighted by atomic mass is 32.2. The summed E-state index contributed by atoms with van der Waals surface area (Å²) in [7, 11) is 0. The standard InChI is InChI=1S/C16H22OS/c1-2-3-13-18-16(11-7-8-12-16)15(17)14-9-5-4-6-10-14/h4-6,9-10H,2-3,7-8,11-13H2,1H3. The quantitative estimate of drug-likeness (QED) is 0.545. The third-order valence-corrected chi connectivity index (χ3v) is 5.38. The maximum absolute atomic E-state index is 12.7. The first kappa shape index (κ1) is 13.7. The molecular weight excluding hydrogens is 240 g/mol. The maximum atomic E-state index is 12.7. The lowest BCUT2D eigenvalue weighted by Gasteiger charge is -2.27. The van der Waals surface area contributed by atoms with Crippen molar-refractivity contribution in [3.63, 3.8) is 0 Å². The van der Waals surface area contributed by atoms with Crippen molar-refractivity contribution in [1.29, 1.82) is 0 Å². The SMILES string of the molecule is CCCCSC1(C(=O)c2ccccc2)CCCC1. The number of carbonyl (C=O) groups is 1. The van der Waals surface area contributed by atoms with E-state index in [4.69, 9.17) is 0 Å². The van der Waals surface area contributed by atoms with Gasteiger partial charge in [0.1, 0.15) is 0 Å². The van der Waals surface area contributed by atoms with Gasteiger partial charge in [0, 0.05) is 5.56 Å². The van der Waals surface area contributed by atoms with Gasteiger partial charge in [0.15, 0.2) is 5.78 Å². The summed E-state index contributed by atoms with van der Waals surface area (Å²) < 4.78 is -0.115. The minimum Gasteiger partial charge on any atom is -0.293 e.